The van der Waals surface area contributed by atoms with Crippen LogP contribution < -0.4 is 5.73 Å². The fourth-order valence-corrected chi connectivity index (χ4v) is 2.71. The van der Waals surface area contributed by atoms with Crippen LogP contribution in [0.15, 0.2) is 30.5 Å². The van der Waals surface area contributed by atoms with Crippen LogP contribution in [0.4, 0.5) is 0 Å². The molecule has 1 aliphatic carbocycles. The van der Waals surface area contributed by atoms with Crippen molar-refractivity contribution < 1.29 is 0 Å². The summed E-state index contributed by atoms with van der Waals surface area (Å²) in [5.74, 6) is 0.895. The molecule has 0 spiro atoms. The number of nitrogens with zero attached hydrogens (tertiary/aromatic N) is 1. The zero-order valence-electron chi connectivity index (χ0n) is 11.3. The number of rotatable bonds is 3. The van der Waals surface area contributed by atoms with Crippen molar-refractivity contribution in [2.45, 2.75) is 45.2 Å². The van der Waals surface area contributed by atoms with Crippen LogP contribution in [-0.4, -0.2) is 4.57 Å². The second-order valence-corrected chi connectivity index (χ2v) is 6.26. The van der Waals surface area contributed by atoms with Gasteiger partial charge in [-0.3, -0.25) is 0 Å². The minimum Gasteiger partial charge on any atom is -0.347 e. The number of benzene rings is 1. The lowest BCUT2D eigenvalue weighted by molar-refractivity contribution is 0.280. The van der Waals surface area contributed by atoms with Crippen LogP contribution in [0.25, 0.3) is 10.9 Å². The predicted molar refractivity (Wildman–Crippen MR) is 76.5 cm³/mol. The highest BCUT2D eigenvalue weighted by Crippen LogP contribution is 2.30. The topological polar surface area (TPSA) is 30.9 Å². The highest BCUT2D eigenvalue weighted by atomic mass is 15.0. The van der Waals surface area contributed by atoms with Crippen LogP contribution in [0.2, 0.25) is 0 Å². The lowest BCUT2D eigenvalue weighted by Gasteiger charge is -2.26. The quantitative estimate of drug-likeness (QED) is 0.875. The van der Waals surface area contributed by atoms with Crippen molar-refractivity contribution in [2.75, 3.05) is 0 Å². The molecule has 1 saturated carbocycles. The first-order valence-electron chi connectivity index (χ1n) is 6.92. The molecule has 96 valence electrons. The molecule has 18 heavy (non-hydrogen) atoms. The van der Waals surface area contributed by atoms with Crippen molar-refractivity contribution in [1.29, 1.82) is 0 Å². The van der Waals surface area contributed by atoms with Gasteiger partial charge in [-0.15, -0.1) is 0 Å². The molecule has 0 unspecified atom stereocenters. The van der Waals surface area contributed by atoms with Gasteiger partial charge in [0.25, 0.3) is 0 Å². The van der Waals surface area contributed by atoms with Crippen LogP contribution in [0.1, 0.15) is 38.7 Å². The van der Waals surface area contributed by atoms with E-state index in [-0.39, 0.29) is 5.54 Å². The van der Waals surface area contributed by atoms with Crippen LogP contribution in [0.3, 0.4) is 0 Å². The number of fused-ring (bicyclic) bond motifs is 1. The Morgan fingerprint density at radius 3 is 2.67 bits per heavy atom. The van der Waals surface area contributed by atoms with Gasteiger partial charge >= 0.3 is 0 Å². The van der Waals surface area contributed by atoms with Gasteiger partial charge in [-0.1, -0.05) is 12.5 Å². The second-order valence-electron chi connectivity index (χ2n) is 6.26. The lowest BCUT2D eigenvalue weighted by atomic mass is 9.85. The molecule has 3 rings (SSSR count). The van der Waals surface area contributed by atoms with Gasteiger partial charge in [-0.25, -0.2) is 0 Å². The van der Waals surface area contributed by atoms with Crippen molar-refractivity contribution in [3.05, 3.63) is 36.0 Å². The predicted octanol–water partition coefficient (Wildman–Crippen LogP) is 3.64. The summed E-state index contributed by atoms with van der Waals surface area (Å²) in [4.78, 5) is 0. The molecule has 0 bridgehead atoms. The summed E-state index contributed by atoms with van der Waals surface area (Å²) in [5.41, 5.74) is 8.45. The van der Waals surface area contributed by atoms with E-state index in [2.05, 4.69) is 48.9 Å². The van der Waals surface area contributed by atoms with E-state index in [1.807, 2.05) is 0 Å². The first kappa shape index (κ1) is 11.8. The molecule has 0 aliphatic heterocycles. The SMILES string of the molecule is CC(C)(N)c1ccc2c(ccn2CC2CCC2)c1. The molecule has 0 radical (unpaired) electrons. The molecule has 1 aromatic heterocycles. The summed E-state index contributed by atoms with van der Waals surface area (Å²) in [6.45, 7) is 5.29. The largest absolute Gasteiger partial charge is 0.347 e. The number of aromatic nitrogens is 1. The third-order valence-corrected chi connectivity index (χ3v) is 4.19. The zero-order chi connectivity index (χ0) is 12.8. The van der Waals surface area contributed by atoms with E-state index in [4.69, 9.17) is 5.73 Å². The molecule has 1 fully saturated rings. The van der Waals surface area contributed by atoms with E-state index in [1.165, 1.54) is 42.3 Å². The third kappa shape index (κ3) is 2.05. The fourth-order valence-electron chi connectivity index (χ4n) is 2.71. The Labute approximate surface area is 109 Å². The molecule has 2 aromatic rings. The average molecular weight is 242 g/mol. The highest BCUT2D eigenvalue weighted by molar-refractivity contribution is 5.81. The monoisotopic (exact) mass is 242 g/mol. The molecule has 2 N–H and O–H groups in total. The van der Waals surface area contributed by atoms with Crippen molar-refractivity contribution in [1.82, 2.24) is 4.57 Å². The van der Waals surface area contributed by atoms with Gasteiger partial charge < -0.3 is 10.3 Å². The maximum Gasteiger partial charge on any atom is 0.0480 e. The van der Waals surface area contributed by atoms with E-state index in [0.717, 1.165) is 5.92 Å². The number of nitrogens with two attached hydrogens (primary N) is 1. The minimum atomic E-state index is -0.260. The smallest absolute Gasteiger partial charge is 0.0480 e. The fraction of sp³-hybridized carbons (Fsp3) is 0.500. The Hall–Kier alpha value is -1.28. The van der Waals surface area contributed by atoms with Crippen LogP contribution in [-0.2, 0) is 12.1 Å². The molecule has 0 amide bonds. The molecular weight excluding hydrogens is 220 g/mol. The number of hydrogen-bond donors (Lipinski definition) is 1. The van der Waals surface area contributed by atoms with Crippen molar-refractivity contribution in [2.24, 2.45) is 11.7 Å². The van der Waals surface area contributed by atoms with E-state index in [0.29, 0.717) is 0 Å². The Morgan fingerprint density at radius 1 is 1.28 bits per heavy atom. The Bertz CT molecular complexity index is 556. The summed E-state index contributed by atoms with van der Waals surface area (Å²) in [6.07, 6.45) is 6.42. The van der Waals surface area contributed by atoms with Gasteiger partial charge in [0, 0.05) is 23.8 Å². The van der Waals surface area contributed by atoms with E-state index in [1.54, 1.807) is 0 Å². The lowest BCUT2D eigenvalue weighted by Crippen LogP contribution is -2.28. The highest BCUT2D eigenvalue weighted by Gasteiger charge is 2.19. The minimum absolute atomic E-state index is 0.260. The van der Waals surface area contributed by atoms with Crippen LogP contribution in [0.5, 0.6) is 0 Å². The van der Waals surface area contributed by atoms with E-state index in [9.17, 15) is 0 Å². The Balaban J connectivity index is 1.94. The maximum atomic E-state index is 6.16. The van der Waals surface area contributed by atoms with Crippen LogP contribution in [0, 0.1) is 5.92 Å². The van der Waals surface area contributed by atoms with Crippen LogP contribution >= 0.6 is 0 Å². The summed E-state index contributed by atoms with van der Waals surface area (Å²) in [7, 11) is 0. The van der Waals surface area contributed by atoms with Gasteiger partial charge in [-0.2, -0.15) is 0 Å². The molecule has 2 heteroatoms. The van der Waals surface area contributed by atoms with E-state index >= 15 is 0 Å². The van der Waals surface area contributed by atoms with Crippen molar-refractivity contribution in [3.63, 3.8) is 0 Å². The second kappa shape index (κ2) is 4.13. The first-order chi connectivity index (χ1) is 8.54. The van der Waals surface area contributed by atoms with Gasteiger partial charge in [0.05, 0.1) is 0 Å². The number of hydrogen-bond acceptors (Lipinski definition) is 1. The molecule has 1 heterocycles. The zero-order valence-corrected chi connectivity index (χ0v) is 11.3. The molecule has 1 aliphatic rings. The Kier molecular flexibility index (Phi) is 2.70. The summed E-state index contributed by atoms with van der Waals surface area (Å²) in [6, 6.07) is 8.83. The van der Waals surface area contributed by atoms with Gasteiger partial charge in [-0.05, 0) is 61.8 Å². The van der Waals surface area contributed by atoms with Gasteiger partial charge in [0.2, 0.25) is 0 Å². The summed E-state index contributed by atoms with van der Waals surface area (Å²) >= 11 is 0. The van der Waals surface area contributed by atoms with Gasteiger partial charge in [0.15, 0.2) is 0 Å². The molecule has 1 aromatic carbocycles. The van der Waals surface area contributed by atoms with Crippen molar-refractivity contribution >= 4 is 10.9 Å². The third-order valence-electron chi connectivity index (χ3n) is 4.19. The van der Waals surface area contributed by atoms with Crippen molar-refractivity contribution in [3.8, 4) is 0 Å². The average Bonchev–Trinajstić information content (AvgIpc) is 2.64. The first-order valence-corrected chi connectivity index (χ1v) is 6.92. The van der Waals surface area contributed by atoms with Gasteiger partial charge in [0.1, 0.15) is 0 Å². The Morgan fingerprint density at radius 2 is 2.06 bits per heavy atom. The van der Waals surface area contributed by atoms with E-state index < -0.39 is 0 Å². The molecular formula is C16H22N2. The molecule has 0 atom stereocenters. The normalized spacial score (nSPS) is 17.1. The maximum absolute atomic E-state index is 6.16. The molecule has 2 nitrogen and oxygen atoms in total. The summed E-state index contributed by atoms with van der Waals surface area (Å²) < 4.78 is 2.40. The standard InChI is InChI=1S/C16H22N2/c1-16(2,17)14-6-7-15-13(10-14)8-9-18(15)11-12-4-3-5-12/h6-10,12H,3-5,11,17H2,1-2H3. The molecule has 0 saturated heterocycles. The summed E-state index contributed by atoms with van der Waals surface area (Å²) in [5, 5.41) is 1.31.